The normalized spacial score (nSPS) is 15.9. The molecular formula is C11H15BrN2OS. The van der Waals surface area contributed by atoms with E-state index in [1.807, 2.05) is 11.9 Å². The SMILES string of the molecule is CN(Cc1csc(Br)c1)C(=O)CC1CNC1. The van der Waals surface area contributed by atoms with Gasteiger partial charge in [0.1, 0.15) is 0 Å². The van der Waals surface area contributed by atoms with Crippen LogP contribution in [0, 0.1) is 5.92 Å². The molecule has 1 amide bonds. The van der Waals surface area contributed by atoms with Crippen molar-refractivity contribution < 1.29 is 4.79 Å². The van der Waals surface area contributed by atoms with Crippen LogP contribution in [-0.4, -0.2) is 30.9 Å². The van der Waals surface area contributed by atoms with Gasteiger partial charge in [0.25, 0.3) is 0 Å². The first-order valence-corrected chi connectivity index (χ1v) is 7.00. The maximum Gasteiger partial charge on any atom is 0.222 e. The Bertz CT molecular complexity index is 376. The van der Waals surface area contributed by atoms with Crippen molar-refractivity contribution in [3.8, 4) is 0 Å². The van der Waals surface area contributed by atoms with E-state index in [0.717, 1.165) is 16.9 Å². The summed E-state index contributed by atoms with van der Waals surface area (Å²) in [6.45, 7) is 2.69. The molecule has 0 aromatic carbocycles. The van der Waals surface area contributed by atoms with E-state index in [1.165, 1.54) is 5.56 Å². The van der Waals surface area contributed by atoms with Crippen LogP contribution in [0.3, 0.4) is 0 Å². The molecule has 0 aliphatic carbocycles. The minimum Gasteiger partial charge on any atom is -0.341 e. The fraction of sp³-hybridized carbons (Fsp3) is 0.545. The van der Waals surface area contributed by atoms with Crippen LogP contribution in [0.5, 0.6) is 0 Å². The summed E-state index contributed by atoms with van der Waals surface area (Å²) in [5.41, 5.74) is 1.19. The van der Waals surface area contributed by atoms with Gasteiger partial charge in [-0.2, -0.15) is 0 Å². The fourth-order valence-corrected chi connectivity index (χ4v) is 2.89. The molecule has 1 aromatic heterocycles. The Kier molecular flexibility index (Phi) is 4.00. The molecule has 16 heavy (non-hydrogen) atoms. The first-order chi connectivity index (χ1) is 7.65. The molecule has 88 valence electrons. The van der Waals surface area contributed by atoms with Crippen molar-refractivity contribution in [2.45, 2.75) is 13.0 Å². The van der Waals surface area contributed by atoms with Gasteiger partial charge in [0.2, 0.25) is 5.91 Å². The fourth-order valence-electron chi connectivity index (χ4n) is 1.69. The topological polar surface area (TPSA) is 32.3 Å². The van der Waals surface area contributed by atoms with Crippen molar-refractivity contribution in [1.82, 2.24) is 10.2 Å². The molecule has 0 saturated carbocycles. The van der Waals surface area contributed by atoms with Gasteiger partial charge in [0.05, 0.1) is 3.79 Å². The van der Waals surface area contributed by atoms with Crippen LogP contribution < -0.4 is 5.32 Å². The van der Waals surface area contributed by atoms with E-state index in [9.17, 15) is 4.79 Å². The van der Waals surface area contributed by atoms with Gasteiger partial charge in [-0.25, -0.2) is 0 Å². The molecule has 1 N–H and O–H groups in total. The summed E-state index contributed by atoms with van der Waals surface area (Å²) in [6, 6.07) is 2.07. The Morgan fingerprint density at radius 2 is 2.44 bits per heavy atom. The lowest BCUT2D eigenvalue weighted by molar-refractivity contribution is -0.131. The molecule has 1 aliphatic rings. The van der Waals surface area contributed by atoms with Crippen LogP contribution in [0.15, 0.2) is 15.2 Å². The minimum atomic E-state index is 0.244. The van der Waals surface area contributed by atoms with Gasteiger partial charge in [0, 0.05) is 20.0 Å². The predicted molar refractivity (Wildman–Crippen MR) is 69.5 cm³/mol. The Balaban J connectivity index is 1.82. The van der Waals surface area contributed by atoms with Gasteiger partial charge in [-0.05, 0) is 51.9 Å². The Morgan fingerprint density at radius 1 is 1.69 bits per heavy atom. The smallest absolute Gasteiger partial charge is 0.222 e. The standard InChI is InChI=1S/C11H15BrN2OS/c1-14(6-9-2-10(12)16-7-9)11(15)3-8-4-13-5-8/h2,7-8,13H,3-6H2,1H3. The average Bonchev–Trinajstić information content (AvgIpc) is 2.57. The molecule has 0 radical (unpaired) electrons. The van der Waals surface area contributed by atoms with Crippen LogP contribution in [0.1, 0.15) is 12.0 Å². The summed E-state index contributed by atoms with van der Waals surface area (Å²) in [4.78, 5) is 13.7. The van der Waals surface area contributed by atoms with E-state index >= 15 is 0 Å². The van der Waals surface area contributed by atoms with Crippen LogP contribution in [-0.2, 0) is 11.3 Å². The van der Waals surface area contributed by atoms with E-state index < -0.39 is 0 Å². The van der Waals surface area contributed by atoms with Crippen molar-refractivity contribution in [1.29, 1.82) is 0 Å². The van der Waals surface area contributed by atoms with Crippen LogP contribution in [0.2, 0.25) is 0 Å². The van der Waals surface area contributed by atoms with Gasteiger partial charge in [-0.3, -0.25) is 4.79 Å². The number of amides is 1. The van der Waals surface area contributed by atoms with Crippen molar-refractivity contribution in [2.24, 2.45) is 5.92 Å². The Hall–Kier alpha value is -0.390. The lowest BCUT2D eigenvalue weighted by Crippen LogP contribution is -2.44. The first kappa shape index (κ1) is 12.1. The Morgan fingerprint density at radius 3 is 2.94 bits per heavy atom. The Labute approximate surface area is 108 Å². The van der Waals surface area contributed by atoms with Gasteiger partial charge in [-0.15, -0.1) is 11.3 Å². The van der Waals surface area contributed by atoms with Gasteiger partial charge >= 0.3 is 0 Å². The quantitative estimate of drug-likeness (QED) is 0.923. The van der Waals surface area contributed by atoms with Crippen molar-refractivity contribution >= 4 is 33.2 Å². The maximum atomic E-state index is 11.8. The monoisotopic (exact) mass is 302 g/mol. The number of nitrogens with zero attached hydrogens (tertiary/aromatic N) is 1. The van der Waals surface area contributed by atoms with Crippen LogP contribution in [0.4, 0.5) is 0 Å². The maximum absolute atomic E-state index is 11.8. The second-order valence-electron chi connectivity index (χ2n) is 4.24. The molecule has 2 heterocycles. The van der Waals surface area contributed by atoms with E-state index in [4.69, 9.17) is 0 Å². The van der Waals surface area contributed by atoms with E-state index in [-0.39, 0.29) is 5.91 Å². The number of nitrogens with one attached hydrogen (secondary N) is 1. The molecule has 1 saturated heterocycles. The zero-order chi connectivity index (χ0) is 11.5. The molecule has 0 unspecified atom stereocenters. The number of rotatable bonds is 4. The van der Waals surface area contributed by atoms with E-state index in [1.54, 1.807) is 11.3 Å². The molecular weight excluding hydrogens is 288 g/mol. The highest BCUT2D eigenvalue weighted by molar-refractivity contribution is 9.11. The highest BCUT2D eigenvalue weighted by Crippen LogP contribution is 2.22. The number of halogens is 1. The number of hydrogen-bond acceptors (Lipinski definition) is 3. The molecule has 2 rings (SSSR count). The zero-order valence-corrected chi connectivity index (χ0v) is 11.6. The van der Waals surface area contributed by atoms with Crippen LogP contribution in [0.25, 0.3) is 0 Å². The molecule has 0 atom stereocenters. The van der Waals surface area contributed by atoms with Crippen molar-refractivity contribution in [2.75, 3.05) is 20.1 Å². The summed E-state index contributed by atoms with van der Waals surface area (Å²) < 4.78 is 1.12. The molecule has 5 heteroatoms. The highest BCUT2D eigenvalue weighted by Gasteiger charge is 2.22. The second-order valence-corrected chi connectivity index (χ2v) is 6.53. The molecule has 0 spiro atoms. The molecule has 0 bridgehead atoms. The van der Waals surface area contributed by atoms with Gasteiger partial charge in [0.15, 0.2) is 0 Å². The number of hydrogen-bond donors (Lipinski definition) is 1. The zero-order valence-electron chi connectivity index (χ0n) is 9.20. The molecule has 1 aliphatic heterocycles. The summed E-state index contributed by atoms with van der Waals surface area (Å²) in [6.07, 6.45) is 0.675. The predicted octanol–water partition coefficient (Wildman–Crippen LogP) is 2.08. The summed E-state index contributed by atoms with van der Waals surface area (Å²) in [7, 11) is 1.87. The molecule has 1 fully saturated rings. The highest BCUT2D eigenvalue weighted by atomic mass is 79.9. The lowest BCUT2D eigenvalue weighted by Gasteiger charge is -2.28. The molecule has 1 aromatic rings. The van der Waals surface area contributed by atoms with Crippen molar-refractivity contribution in [3.63, 3.8) is 0 Å². The summed E-state index contributed by atoms with van der Waals surface area (Å²) >= 11 is 5.08. The average molecular weight is 303 g/mol. The first-order valence-electron chi connectivity index (χ1n) is 5.32. The summed E-state index contributed by atoms with van der Waals surface area (Å²) in [5.74, 6) is 0.790. The van der Waals surface area contributed by atoms with E-state index in [0.29, 0.717) is 18.9 Å². The number of carbonyl (C=O) groups excluding carboxylic acids is 1. The van der Waals surface area contributed by atoms with Gasteiger partial charge in [-0.1, -0.05) is 0 Å². The van der Waals surface area contributed by atoms with Crippen LogP contribution >= 0.6 is 27.3 Å². The summed E-state index contributed by atoms with van der Waals surface area (Å²) in [5, 5.41) is 5.27. The number of carbonyl (C=O) groups is 1. The van der Waals surface area contributed by atoms with Gasteiger partial charge < -0.3 is 10.2 Å². The largest absolute Gasteiger partial charge is 0.341 e. The minimum absolute atomic E-state index is 0.244. The lowest BCUT2D eigenvalue weighted by atomic mass is 9.99. The third-order valence-corrected chi connectivity index (χ3v) is 4.35. The second kappa shape index (κ2) is 5.29. The third kappa shape index (κ3) is 3.06. The third-order valence-electron chi connectivity index (χ3n) is 2.80. The number of thiophene rings is 1. The van der Waals surface area contributed by atoms with E-state index in [2.05, 4.69) is 32.7 Å². The molecule has 3 nitrogen and oxygen atoms in total. The van der Waals surface area contributed by atoms with Crippen molar-refractivity contribution in [3.05, 3.63) is 20.8 Å².